The summed E-state index contributed by atoms with van der Waals surface area (Å²) >= 11 is 6.16. The van der Waals surface area contributed by atoms with Gasteiger partial charge in [0.05, 0.1) is 88.6 Å². The van der Waals surface area contributed by atoms with Crippen LogP contribution in [0.2, 0.25) is 0 Å². The van der Waals surface area contributed by atoms with Gasteiger partial charge >= 0.3 is 0 Å². The first-order valence-electron chi connectivity index (χ1n) is 32.9. The molecular formula is C76H94N4O11S6. The second-order valence-electron chi connectivity index (χ2n) is 28.7. The Morgan fingerprint density at radius 2 is 0.649 bits per heavy atom. The molecule has 0 fully saturated rings. The van der Waals surface area contributed by atoms with Crippen LogP contribution in [-0.2, 0) is 55.9 Å². The van der Waals surface area contributed by atoms with E-state index < -0.39 is 20.0 Å². The Morgan fingerprint density at radius 1 is 0.381 bits per heavy atom. The fraction of sp³-hybridized carbons (Fsp3) is 0.421. The Bertz CT molecular complexity index is 4020. The van der Waals surface area contributed by atoms with Crippen LogP contribution in [0.5, 0.6) is 23.0 Å². The zero-order valence-corrected chi connectivity index (χ0v) is 63.8. The molecule has 0 spiro atoms. The molecule has 21 heteroatoms. The zero-order chi connectivity index (χ0) is 69.8. The number of rotatable bonds is 14. The zero-order valence-electron chi connectivity index (χ0n) is 58.9. The minimum atomic E-state index is -4.04. The van der Waals surface area contributed by atoms with Crippen LogP contribution in [0.4, 0.5) is 11.4 Å². The van der Waals surface area contributed by atoms with Gasteiger partial charge < -0.3 is 43.0 Å². The molecule has 0 unspecified atom stereocenters. The summed E-state index contributed by atoms with van der Waals surface area (Å²) in [7, 11) is -0.300. The normalized spacial score (nSPS) is 15.0. The van der Waals surface area contributed by atoms with Gasteiger partial charge in [0.1, 0.15) is 49.4 Å². The van der Waals surface area contributed by atoms with Crippen molar-refractivity contribution in [3.8, 4) is 23.0 Å². The van der Waals surface area contributed by atoms with E-state index in [0.29, 0.717) is 60.2 Å². The summed E-state index contributed by atoms with van der Waals surface area (Å²) in [5, 5.41) is 2.90. The fourth-order valence-electron chi connectivity index (χ4n) is 11.2. The second kappa shape index (κ2) is 30.6. The smallest absolute Gasteiger partial charge is 0.241 e. The Hall–Kier alpha value is -5.82. The molecule has 0 atom stereocenters. The quantitative estimate of drug-likeness (QED) is 0.0988. The molecule has 0 radical (unpaired) electrons. The third-order valence-electron chi connectivity index (χ3n) is 16.7. The van der Waals surface area contributed by atoms with Gasteiger partial charge in [-0.15, -0.1) is 0 Å². The first-order valence-corrected chi connectivity index (χ1v) is 39.1. The molecule has 0 aliphatic carbocycles. The van der Waals surface area contributed by atoms with Gasteiger partial charge in [0.15, 0.2) is 0 Å². The Balaban J connectivity index is 1.17. The molecular weight excluding hydrogens is 1340 g/mol. The van der Waals surface area contributed by atoms with E-state index in [9.17, 15) is 16.8 Å². The van der Waals surface area contributed by atoms with Gasteiger partial charge in [-0.25, -0.2) is 26.3 Å². The van der Waals surface area contributed by atoms with Crippen molar-refractivity contribution in [2.45, 2.75) is 154 Å². The van der Waals surface area contributed by atoms with Crippen LogP contribution in [0.3, 0.4) is 0 Å². The van der Waals surface area contributed by atoms with E-state index in [0.717, 1.165) is 83.6 Å². The maximum absolute atomic E-state index is 14.5. The number of benzene rings is 8. The molecule has 10 rings (SSSR count). The minimum Gasteiger partial charge on any atom is -0.490 e. The Morgan fingerprint density at radius 3 is 0.938 bits per heavy atom. The van der Waals surface area contributed by atoms with Gasteiger partial charge in [-0.05, 0) is 117 Å². The summed E-state index contributed by atoms with van der Waals surface area (Å²) in [6.07, 6.45) is 0. The molecule has 0 saturated heterocycles. The summed E-state index contributed by atoms with van der Waals surface area (Å²) in [5.74, 6) is 2.37. The Kier molecular flexibility index (Phi) is 23.3. The van der Waals surface area contributed by atoms with E-state index in [4.69, 9.17) is 33.2 Å². The number of fused-ring (bicyclic) bond motifs is 4. The van der Waals surface area contributed by atoms with Crippen LogP contribution < -0.4 is 38.2 Å². The maximum Gasteiger partial charge on any atom is 0.241 e. The van der Waals surface area contributed by atoms with E-state index >= 15 is 0 Å². The first kappa shape index (κ1) is 73.9. The highest BCUT2D eigenvalue weighted by Gasteiger charge is 2.32. The highest BCUT2D eigenvalue weighted by molar-refractivity contribution is 8.01. The van der Waals surface area contributed by atoms with Gasteiger partial charge in [0.25, 0.3) is 0 Å². The molecule has 8 aromatic carbocycles. The topological polar surface area (TPSA) is 163 Å². The van der Waals surface area contributed by atoms with E-state index in [1.165, 1.54) is 47.0 Å². The molecule has 10 bridgehead atoms. The summed E-state index contributed by atoms with van der Waals surface area (Å²) in [6.45, 7) is 28.7. The van der Waals surface area contributed by atoms with Crippen molar-refractivity contribution in [3.05, 3.63) is 144 Å². The summed E-state index contributed by atoms with van der Waals surface area (Å²) in [6, 6.07) is 39.8. The van der Waals surface area contributed by atoms with Crippen molar-refractivity contribution in [3.63, 3.8) is 0 Å². The lowest BCUT2D eigenvalue weighted by Crippen LogP contribution is -2.28. The van der Waals surface area contributed by atoms with Crippen LogP contribution in [-0.4, -0.2) is 124 Å². The Labute approximate surface area is 592 Å². The van der Waals surface area contributed by atoms with Gasteiger partial charge in [0, 0.05) is 74.2 Å². The molecule has 2 N–H and O–H groups in total. The SMILES string of the molecule is CN(C)c1cccc2c(S(=O)(=O)NCCOc3c4cc(C(C)(C)C)cc3Sc3cc(C(C)(C)C)cc5c3OCCOCCOCCOCCOc3c(cc(C(C)(C)C)cc3Sc3cc(C(C)(C)C)cc(c3OCCNS(=O)(=O)c3cccc6c(N(C)C)cccc36)S5)S4)cccc12. The van der Waals surface area contributed by atoms with Gasteiger partial charge in [-0.3, -0.25) is 0 Å². The molecule has 520 valence electrons. The molecule has 15 nitrogen and oxygen atoms in total. The van der Waals surface area contributed by atoms with Crippen LogP contribution in [0.1, 0.15) is 105 Å². The largest absolute Gasteiger partial charge is 0.490 e. The molecule has 8 aromatic rings. The van der Waals surface area contributed by atoms with E-state index in [1.54, 1.807) is 24.3 Å². The number of ether oxygens (including phenoxy) is 7. The third kappa shape index (κ3) is 17.9. The van der Waals surface area contributed by atoms with E-state index in [2.05, 4.69) is 141 Å². The van der Waals surface area contributed by atoms with Crippen molar-refractivity contribution in [2.24, 2.45) is 0 Å². The van der Waals surface area contributed by atoms with Crippen molar-refractivity contribution >= 4 is 100 Å². The molecule has 2 heterocycles. The van der Waals surface area contributed by atoms with Crippen LogP contribution >= 0.6 is 47.0 Å². The van der Waals surface area contributed by atoms with Crippen molar-refractivity contribution in [1.82, 2.24) is 9.44 Å². The van der Waals surface area contributed by atoms with Gasteiger partial charge in [0.2, 0.25) is 20.0 Å². The van der Waals surface area contributed by atoms with E-state index in [-0.39, 0.29) is 84.2 Å². The number of sulfonamides is 2. The predicted octanol–water partition coefficient (Wildman–Crippen LogP) is 16.8. The molecule has 0 saturated carbocycles. The second-order valence-corrected chi connectivity index (χ2v) is 36.5. The lowest BCUT2D eigenvalue weighted by atomic mass is 9.87. The number of nitrogens with one attached hydrogen (secondary N) is 2. The molecule has 97 heavy (non-hydrogen) atoms. The summed E-state index contributed by atoms with van der Waals surface area (Å²) < 4.78 is 111. The van der Waals surface area contributed by atoms with Crippen molar-refractivity contribution < 1.29 is 50.0 Å². The lowest BCUT2D eigenvalue weighted by Gasteiger charge is -2.28. The molecule has 2 aliphatic heterocycles. The van der Waals surface area contributed by atoms with Crippen LogP contribution in [0, 0.1) is 0 Å². The summed E-state index contributed by atoms with van der Waals surface area (Å²) in [5.41, 5.74) is 4.58. The third-order valence-corrected chi connectivity index (χ3v) is 23.9. The minimum absolute atomic E-state index is 0.0178. The lowest BCUT2D eigenvalue weighted by molar-refractivity contribution is 0.00450. The highest BCUT2D eigenvalue weighted by Crippen LogP contribution is 2.57. The standard InChI is InChI=1S/C76H94N4O11S6/c1-73(2,3)49-41-59-69(88-31-29-77-96(81,82)67-27-19-21-53-55(67)23-17-25-57(53)79(13)14)60(42-49)93-64-46-52(76(10,11)12)48-66-72(64)91-40-38-87-36-34-85-33-35-86-37-39-90-71-63(92-59)45-51(75(7,8)9)47-65(71)94-61-43-50(74(4,5)6)44-62(95-66)70(61)89-32-30-78-97(83,84)68-28-20-22-54-56(68)24-18-26-58(54)80(15)16/h17-28,41-48,77-78H,29-40H2,1-16H3. The molecule has 2 aliphatic rings. The monoisotopic (exact) mass is 1430 g/mol. The predicted molar refractivity (Wildman–Crippen MR) is 398 cm³/mol. The van der Waals surface area contributed by atoms with Crippen LogP contribution in [0.15, 0.2) is 170 Å². The number of anilines is 2. The average Bonchev–Trinajstić information content (AvgIpc) is 0.773. The molecule has 0 amide bonds. The highest BCUT2D eigenvalue weighted by atomic mass is 32.2. The average molecular weight is 1430 g/mol. The van der Waals surface area contributed by atoms with Gasteiger partial charge in [-0.1, -0.05) is 179 Å². The number of hydrogen-bond donors (Lipinski definition) is 2. The number of hydrogen-bond acceptors (Lipinski definition) is 17. The van der Waals surface area contributed by atoms with Crippen molar-refractivity contribution in [2.75, 3.05) is 117 Å². The van der Waals surface area contributed by atoms with E-state index in [1.807, 2.05) is 86.5 Å². The number of nitrogens with zero attached hydrogens (tertiary/aromatic N) is 2. The first-order chi connectivity index (χ1) is 45.8. The summed E-state index contributed by atoms with van der Waals surface area (Å²) in [4.78, 5) is 10.8. The van der Waals surface area contributed by atoms with Gasteiger partial charge in [-0.2, -0.15) is 0 Å². The fourth-order valence-corrected chi connectivity index (χ4v) is 18.5. The van der Waals surface area contributed by atoms with Crippen LogP contribution in [0.25, 0.3) is 21.5 Å². The molecule has 0 aromatic heterocycles. The maximum atomic E-state index is 14.5. The van der Waals surface area contributed by atoms with Crippen molar-refractivity contribution in [1.29, 1.82) is 0 Å².